The predicted molar refractivity (Wildman–Crippen MR) is 217 cm³/mol. The Morgan fingerprint density at radius 3 is 1.98 bits per heavy atom. The minimum absolute atomic E-state index is 0.00521. The van der Waals surface area contributed by atoms with Gasteiger partial charge in [0.2, 0.25) is 5.91 Å². The van der Waals surface area contributed by atoms with Crippen LogP contribution in [0.2, 0.25) is 0 Å². The van der Waals surface area contributed by atoms with E-state index >= 15 is 0 Å². The molecule has 11 nitrogen and oxygen atoms in total. The monoisotopic (exact) mass is 753 g/mol. The average molecular weight is 754 g/mol. The molecule has 0 aliphatic heterocycles. The summed E-state index contributed by atoms with van der Waals surface area (Å²) >= 11 is 0. The molecule has 3 rings (SSSR count). The first-order chi connectivity index (χ1) is 26.1. The molecule has 0 bridgehead atoms. The number of amides is 4. The molecule has 0 spiro atoms. The fraction of sp³-hybridized carbons (Fsp3) is 0.409. The predicted octanol–water partition coefficient (Wildman–Crippen LogP) is 5.88. The molecule has 3 aromatic rings. The van der Waals surface area contributed by atoms with Crippen molar-refractivity contribution in [1.82, 2.24) is 26.4 Å². The summed E-state index contributed by atoms with van der Waals surface area (Å²) in [7, 11) is 1.24. The molecular formula is C44H59N5O6. The van der Waals surface area contributed by atoms with Crippen molar-refractivity contribution >= 4 is 23.8 Å². The van der Waals surface area contributed by atoms with Crippen LogP contribution in [0.25, 0.3) is 11.1 Å². The first-order valence-corrected chi connectivity index (χ1v) is 18.7. The molecule has 3 atom stereocenters. The molecule has 0 saturated heterocycles. The molecule has 0 aromatic heterocycles. The second-order valence-corrected chi connectivity index (χ2v) is 15.2. The number of allylic oxidation sites excluding steroid dienone is 1. The zero-order chi connectivity index (χ0) is 40.6. The van der Waals surface area contributed by atoms with Crippen LogP contribution in [0.15, 0.2) is 104 Å². The summed E-state index contributed by atoms with van der Waals surface area (Å²) in [5.41, 5.74) is 5.24. The molecule has 0 fully saturated rings. The first kappa shape index (κ1) is 44.1. The van der Waals surface area contributed by atoms with E-state index in [0.29, 0.717) is 13.0 Å². The van der Waals surface area contributed by atoms with Gasteiger partial charge in [-0.15, -0.1) is 13.2 Å². The number of carbonyl (C=O) groups is 4. The number of rotatable bonds is 20. The van der Waals surface area contributed by atoms with Crippen molar-refractivity contribution < 1.29 is 29.0 Å². The average Bonchev–Trinajstić information content (AvgIpc) is 3.15. The number of nitrogens with zero attached hydrogens (tertiary/aromatic N) is 1. The van der Waals surface area contributed by atoms with Crippen molar-refractivity contribution in [2.24, 2.45) is 11.3 Å². The normalized spacial score (nSPS) is 13.5. The van der Waals surface area contributed by atoms with E-state index in [4.69, 9.17) is 4.74 Å². The van der Waals surface area contributed by atoms with E-state index in [1.54, 1.807) is 17.2 Å². The van der Waals surface area contributed by atoms with Crippen molar-refractivity contribution in [3.63, 3.8) is 0 Å². The number of hydrogen-bond acceptors (Lipinski definition) is 7. The van der Waals surface area contributed by atoms with E-state index in [0.717, 1.165) is 27.8 Å². The smallest absolute Gasteiger partial charge is 0.407 e. The lowest BCUT2D eigenvalue weighted by atomic mass is 9.86. The van der Waals surface area contributed by atoms with Gasteiger partial charge in [0.05, 0.1) is 7.11 Å². The van der Waals surface area contributed by atoms with E-state index < -0.39 is 41.0 Å². The lowest BCUT2D eigenvalue weighted by molar-refractivity contribution is -0.144. The molecule has 0 aliphatic rings. The Balaban J connectivity index is 1.91. The number of methoxy groups -OCH3 is 1. The Morgan fingerprint density at radius 2 is 1.42 bits per heavy atom. The molecule has 0 aliphatic carbocycles. The Labute approximate surface area is 326 Å². The van der Waals surface area contributed by atoms with Crippen molar-refractivity contribution in [1.29, 1.82) is 0 Å². The summed E-state index contributed by atoms with van der Waals surface area (Å²) in [5, 5.41) is 22.1. The summed E-state index contributed by atoms with van der Waals surface area (Å²) < 4.78 is 4.80. The van der Waals surface area contributed by atoms with Crippen molar-refractivity contribution in [3.05, 3.63) is 121 Å². The topological polar surface area (TPSA) is 149 Å². The van der Waals surface area contributed by atoms with Gasteiger partial charge in [0.1, 0.15) is 17.7 Å². The number of benzene rings is 3. The largest absolute Gasteiger partial charge is 0.453 e. The third-order valence-electron chi connectivity index (χ3n) is 9.28. The highest BCUT2D eigenvalue weighted by molar-refractivity contribution is 5.91. The highest BCUT2D eigenvalue weighted by Gasteiger charge is 2.39. The Bertz CT molecular complexity index is 1720. The van der Waals surface area contributed by atoms with Gasteiger partial charge in [-0.1, -0.05) is 126 Å². The number of hydrazine groups is 1. The van der Waals surface area contributed by atoms with Gasteiger partial charge >= 0.3 is 6.09 Å². The first-order valence-electron chi connectivity index (χ1n) is 18.7. The number of ether oxygens (including phenoxy) is 1. The lowest BCUT2D eigenvalue weighted by Gasteiger charge is -2.34. The van der Waals surface area contributed by atoms with Gasteiger partial charge in [-0.05, 0) is 58.4 Å². The number of aliphatic hydroxyl groups is 1. The van der Waals surface area contributed by atoms with Gasteiger partial charge in [0.15, 0.2) is 0 Å². The van der Waals surface area contributed by atoms with Crippen LogP contribution in [0.5, 0.6) is 0 Å². The molecular weight excluding hydrogens is 695 g/mol. The van der Waals surface area contributed by atoms with Crippen LogP contribution in [0.1, 0.15) is 64.2 Å². The van der Waals surface area contributed by atoms with Crippen molar-refractivity contribution in [3.8, 4) is 11.1 Å². The number of alkyl carbamates (subject to hydrolysis) is 1. The fourth-order valence-electron chi connectivity index (χ4n) is 6.14. The van der Waals surface area contributed by atoms with E-state index in [2.05, 4.69) is 34.5 Å². The highest BCUT2D eigenvalue weighted by atomic mass is 16.5. The number of carbonyl (C=O) groups excluding carboxylic acids is 4. The van der Waals surface area contributed by atoms with Crippen LogP contribution in [-0.4, -0.2) is 71.8 Å². The molecule has 55 heavy (non-hydrogen) atoms. The standard InChI is InChI=1S/C44H59N5O6/c1-9-15-32-18-20-33(21-19-32)29-44(54,41(52)46-37(31(3)4)39(50)45-27-10-2)26-14-28-49(48-40(51)38(43(5,6)7)47-42(53)55-8)30-34-22-24-36(25-23-34)35-16-12-11-13-17-35/h9-13,16-25,31,37-38,54H,1-2,14-15,26-30H2,3-8H3,(H,45,50)(H,46,52)(H,47,53)(H,48,51). The second kappa shape index (κ2) is 21.0. The van der Waals surface area contributed by atoms with Gasteiger partial charge in [-0.3, -0.25) is 19.8 Å². The minimum atomic E-state index is -1.90. The molecule has 11 heteroatoms. The second-order valence-electron chi connectivity index (χ2n) is 15.2. The molecule has 296 valence electrons. The van der Waals surface area contributed by atoms with E-state index in [-0.39, 0.29) is 44.2 Å². The van der Waals surface area contributed by atoms with Crippen molar-refractivity contribution in [2.45, 2.75) is 84.5 Å². The zero-order valence-corrected chi connectivity index (χ0v) is 33.2. The molecule has 3 unspecified atom stereocenters. The van der Waals surface area contributed by atoms with Gasteiger partial charge in [-0.25, -0.2) is 9.80 Å². The molecule has 5 N–H and O–H groups in total. The van der Waals surface area contributed by atoms with Crippen LogP contribution in [-0.2, 0) is 38.5 Å². The van der Waals surface area contributed by atoms with Gasteiger partial charge in [0.25, 0.3) is 11.8 Å². The van der Waals surface area contributed by atoms with Gasteiger partial charge in [-0.2, -0.15) is 0 Å². The molecule has 4 amide bonds. The van der Waals surface area contributed by atoms with Crippen LogP contribution < -0.4 is 21.4 Å². The molecule has 0 saturated carbocycles. The molecule has 0 heterocycles. The summed E-state index contributed by atoms with van der Waals surface area (Å²) in [6.45, 7) is 17.4. The van der Waals surface area contributed by atoms with Crippen molar-refractivity contribution in [2.75, 3.05) is 20.2 Å². The lowest BCUT2D eigenvalue weighted by Crippen LogP contribution is -2.58. The quantitative estimate of drug-likeness (QED) is 0.0715. The van der Waals surface area contributed by atoms with Crippen LogP contribution in [0, 0.1) is 11.3 Å². The zero-order valence-electron chi connectivity index (χ0n) is 33.2. The third-order valence-corrected chi connectivity index (χ3v) is 9.28. The number of nitrogens with one attached hydrogen (secondary N) is 4. The summed E-state index contributed by atoms with van der Waals surface area (Å²) in [6.07, 6.45) is 3.59. The van der Waals surface area contributed by atoms with Crippen LogP contribution in [0.4, 0.5) is 4.79 Å². The van der Waals surface area contributed by atoms with Crippen LogP contribution >= 0.6 is 0 Å². The van der Waals surface area contributed by atoms with Crippen LogP contribution in [0.3, 0.4) is 0 Å². The summed E-state index contributed by atoms with van der Waals surface area (Å²) in [6, 6.07) is 23.8. The summed E-state index contributed by atoms with van der Waals surface area (Å²) in [5.74, 6) is -1.75. The Morgan fingerprint density at radius 1 is 0.818 bits per heavy atom. The summed E-state index contributed by atoms with van der Waals surface area (Å²) in [4.78, 5) is 53.1. The van der Waals surface area contributed by atoms with E-state index in [9.17, 15) is 24.3 Å². The Hall–Kier alpha value is -5.26. The van der Waals surface area contributed by atoms with E-state index in [1.165, 1.54) is 7.11 Å². The van der Waals surface area contributed by atoms with E-state index in [1.807, 2.05) is 113 Å². The maximum atomic E-state index is 14.0. The fourth-order valence-corrected chi connectivity index (χ4v) is 6.14. The Kier molecular flexibility index (Phi) is 16.8. The third kappa shape index (κ3) is 13.8. The highest BCUT2D eigenvalue weighted by Crippen LogP contribution is 2.24. The SMILES string of the molecule is C=CCNC(=O)C(NC(=O)C(O)(CCCN(Cc1ccc(-c2ccccc2)cc1)NC(=O)C(NC(=O)OC)C(C)(C)C)Cc1ccc(CC=C)cc1)C(C)C. The van der Waals surface area contributed by atoms with Gasteiger partial charge in [0, 0.05) is 26.1 Å². The van der Waals surface area contributed by atoms with Gasteiger partial charge < -0.3 is 25.8 Å². The molecule has 0 radical (unpaired) electrons. The minimum Gasteiger partial charge on any atom is -0.453 e. The maximum absolute atomic E-state index is 14.0. The number of hydrogen-bond donors (Lipinski definition) is 5. The maximum Gasteiger partial charge on any atom is 0.407 e. The molecule has 3 aromatic carbocycles.